The average Bonchev–Trinajstić information content (AvgIpc) is 2.66. The Bertz CT molecular complexity index is 836. The van der Waals surface area contributed by atoms with Crippen LogP contribution < -0.4 is 14.8 Å². The number of likely N-dealkylation sites (tertiary alicyclic amines) is 1. The van der Waals surface area contributed by atoms with Gasteiger partial charge in [0.2, 0.25) is 5.91 Å². The molecule has 150 valence electrons. The predicted octanol–water partition coefficient (Wildman–Crippen LogP) is 3.86. The van der Waals surface area contributed by atoms with Crippen molar-refractivity contribution in [2.45, 2.75) is 38.8 Å². The topological polar surface area (TPSA) is 50.8 Å². The summed E-state index contributed by atoms with van der Waals surface area (Å²) in [5.41, 5.74) is 3.37. The fourth-order valence-electron chi connectivity index (χ4n) is 4.13. The first-order valence-electron chi connectivity index (χ1n) is 9.75. The van der Waals surface area contributed by atoms with Gasteiger partial charge in [0.25, 0.3) is 0 Å². The van der Waals surface area contributed by atoms with E-state index in [-0.39, 0.29) is 11.4 Å². The number of hydrogen-bond donors (Lipinski definition) is 1. The summed E-state index contributed by atoms with van der Waals surface area (Å²) in [5.74, 6) is 1.50. The van der Waals surface area contributed by atoms with Crippen LogP contribution in [0.15, 0.2) is 42.5 Å². The molecule has 1 aliphatic rings. The van der Waals surface area contributed by atoms with Crippen LogP contribution >= 0.6 is 0 Å². The van der Waals surface area contributed by atoms with Crippen LogP contribution in [0.1, 0.15) is 32.3 Å². The van der Waals surface area contributed by atoms with Gasteiger partial charge in [-0.2, -0.15) is 0 Å². The first-order chi connectivity index (χ1) is 13.4. The zero-order valence-electron chi connectivity index (χ0n) is 17.2. The van der Waals surface area contributed by atoms with E-state index in [1.54, 1.807) is 21.1 Å². The van der Waals surface area contributed by atoms with E-state index in [1.807, 2.05) is 12.1 Å². The maximum Gasteiger partial charge on any atom is 0.217 e. The van der Waals surface area contributed by atoms with Crippen LogP contribution in [0.4, 0.5) is 0 Å². The Kier molecular flexibility index (Phi) is 6.25. The molecule has 5 heteroatoms. The Hall–Kier alpha value is -2.53. The Morgan fingerprint density at radius 1 is 1.11 bits per heavy atom. The van der Waals surface area contributed by atoms with Gasteiger partial charge in [0.1, 0.15) is 0 Å². The van der Waals surface area contributed by atoms with Crippen LogP contribution in [0.3, 0.4) is 0 Å². The third kappa shape index (κ3) is 4.84. The van der Waals surface area contributed by atoms with Gasteiger partial charge in [0, 0.05) is 25.6 Å². The monoisotopic (exact) mass is 382 g/mol. The van der Waals surface area contributed by atoms with Crippen LogP contribution in [-0.2, 0) is 11.3 Å². The molecular formula is C23H30N2O3. The number of benzene rings is 2. The molecule has 0 saturated carbocycles. The molecule has 2 aromatic carbocycles. The van der Waals surface area contributed by atoms with E-state index in [0.717, 1.165) is 55.1 Å². The Balaban J connectivity index is 1.76. The van der Waals surface area contributed by atoms with Crippen molar-refractivity contribution in [3.05, 3.63) is 48.0 Å². The molecule has 3 rings (SSSR count). The first-order valence-corrected chi connectivity index (χ1v) is 9.75. The van der Waals surface area contributed by atoms with E-state index < -0.39 is 0 Å². The van der Waals surface area contributed by atoms with Gasteiger partial charge in [0.05, 0.1) is 14.2 Å². The Morgan fingerprint density at radius 3 is 2.57 bits per heavy atom. The molecule has 0 radical (unpaired) electrons. The molecule has 0 aromatic heterocycles. The standard InChI is InChI=1S/C23H30N2O3/c1-17(26)24-23(2)11-6-12-25(16-23)15-18-7-5-8-19(13-18)20-9-10-21(27-3)22(14-20)28-4/h5,7-10,13-14H,6,11-12,15-16H2,1-4H3,(H,24,26). The lowest BCUT2D eigenvalue weighted by Gasteiger charge is -2.41. The van der Waals surface area contributed by atoms with Crippen molar-refractivity contribution in [2.24, 2.45) is 0 Å². The maximum atomic E-state index is 11.5. The van der Waals surface area contributed by atoms with Gasteiger partial charge in [-0.05, 0) is 61.2 Å². The minimum absolute atomic E-state index is 0.0415. The number of amides is 1. The second-order valence-electron chi connectivity index (χ2n) is 7.83. The highest BCUT2D eigenvalue weighted by Crippen LogP contribution is 2.32. The highest BCUT2D eigenvalue weighted by atomic mass is 16.5. The molecule has 1 amide bonds. The molecule has 5 nitrogen and oxygen atoms in total. The van der Waals surface area contributed by atoms with E-state index in [0.29, 0.717) is 0 Å². The SMILES string of the molecule is COc1ccc(-c2cccc(CN3CCCC(C)(NC(C)=O)C3)c2)cc1OC. The Labute approximate surface area is 167 Å². The summed E-state index contributed by atoms with van der Waals surface area (Å²) >= 11 is 0. The van der Waals surface area contributed by atoms with Crippen molar-refractivity contribution in [2.75, 3.05) is 27.3 Å². The fourth-order valence-corrected chi connectivity index (χ4v) is 4.13. The summed E-state index contributed by atoms with van der Waals surface area (Å²) in [6.07, 6.45) is 2.11. The van der Waals surface area contributed by atoms with E-state index in [1.165, 1.54) is 5.56 Å². The number of nitrogens with zero attached hydrogens (tertiary/aromatic N) is 1. The Morgan fingerprint density at radius 2 is 1.86 bits per heavy atom. The summed E-state index contributed by atoms with van der Waals surface area (Å²) < 4.78 is 10.8. The third-order valence-corrected chi connectivity index (χ3v) is 5.30. The normalized spacial score (nSPS) is 19.9. The van der Waals surface area contributed by atoms with Crippen LogP contribution in [0.2, 0.25) is 0 Å². The van der Waals surface area contributed by atoms with Crippen LogP contribution in [-0.4, -0.2) is 43.7 Å². The van der Waals surface area contributed by atoms with Crippen molar-refractivity contribution in [3.63, 3.8) is 0 Å². The van der Waals surface area contributed by atoms with Crippen LogP contribution in [0.5, 0.6) is 11.5 Å². The van der Waals surface area contributed by atoms with Gasteiger partial charge in [-0.15, -0.1) is 0 Å². The molecule has 1 saturated heterocycles. The maximum absolute atomic E-state index is 11.5. The second kappa shape index (κ2) is 8.65. The van der Waals surface area contributed by atoms with E-state index >= 15 is 0 Å². The largest absolute Gasteiger partial charge is 0.493 e. The summed E-state index contributed by atoms with van der Waals surface area (Å²) in [5, 5.41) is 3.13. The molecular weight excluding hydrogens is 352 g/mol. The minimum atomic E-state index is -0.148. The van der Waals surface area contributed by atoms with Gasteiger partial charge in [-0.25, -0.2) is 0 Å². The summed E-state index contributed by atoms with van der Waals surface area (Å²) in [7, 11) is 3.30. The van der Waals surface area contributed by atoms with Gasteiger partial charge in [-0.3, -0.25) is 9.69 Å². The third-order valence-electron chi connectivity index (χ3n) is 5.30. The molecule has 1 unspecified atom stereocenters. The van der Waals surface area contributed by atoms with Crippen molar-refractivity contribution in [3.8, 4) is 22.6 Å². The summed E-state index contributed by atoms with van der Waals surface area (Å²) in [6.45, 7) is 6.52. The average molecular weight is 383 g/mol. The molecule has 0 bridgehead atoms. The zero-order valence-corrected chi connectivity index (χ0v) is 17.2. The predicted molar refractivity (Wildman–Crippen MR) is 112 cm³/mol. The van der Waals surface area contributed by atoms with E-state index in [9.17, 15) is 4.79 Å². The first kappa shape index (κ1) is 20.2. The van der Waals surface area contributed by atoms with Gasteiger partial charge in [0.15, 0.2) is 11.5 Å². The van der Waals surface area contributed by atoms with Crippen molar-refractivity contribution >= 4 is 5.91 Å². The van der Waals surface area contributed by atoms with Crippen LogP contribution in [0, 0.1) is 0 Å². The fraction of sp³-hybridized carbons (Fsp3) is 0.435. The minimum Gasteiger partial charge on any atom is -0.493 e. The molecule has 0 spiro atoms. The number of carbonyl (C=O) groups is 1. The van der Waals surface area contributed by atoms with Gasteiger partial charge >= 0.3 is 0 Å². The molecule has 1 N–H and O–H groups in total. The van der Waals surface area contributed by atoms with Gasteiger partial charge < -0.3 is 14.8 Å². The summed E-state index contributed by atoms with van der Waals surface area (Å²) in [4.78, 5) is 14.0. The molecule has 1 fully saturated rings. The van der Waals surface area contributed by atoms with E-state index in [2.05, 4.69) is 47.5 Å². The number of rotatable bonds is 6. The number of carbonyl (C=O) groups excluding carboxylic acids is 1. The molecule has 1 atom stereocenters. The lowest BCUT2D eigenvalue weighted by molar-refractivity contribution is -0.121. The van der Waals surface area contributed by atoms with Crippen LogP contribution in [0.25, 0.3) is 11.1 Å². The van der Waals surface area contributed by atoms with Crippen molar-refractivity contribution in [1.82, 2.24) is 10.2 Å². The number of ether oxygens (including phenoxy) is 2. The van der Waals surface area contributed by atoms with Gasteiger partial charge in [-0.1, -0.05) is 24.3 Å². The quantitative estimate of drug-likeness (QED) is 0.824. The molecule has 2 aromatic rings. The lowest BCUT2D eigenvalue weighted by Crippen LogP contribution is -2.56. The highest BCUT2D eigenvalue weighted by molar-refractivity contribution is 5.73. The zero-order chi connectivity index (χ0) is 20.1. The second-order valence-corrected chi connectivity index (χ2v) is 7.83. The number of piperidine rings is 1. The molecule has 0 aliphatic carbocycles. The van der Waals surface area contributed by atoms with E-state index in [4.69, 9.17) is 9.47 Å². The van der Waals surface area contributed by atoms with Crippen molar-refractivity contribution < 1.29 is 14.3 Å². The lowest BCUT2D eigenvalue weighted by atomic mass is 9.90. The number of methoxy groups -OCH3 is 2. The summed E-state index contributed by atoms with van der Waals surface area (Å²) in [6, 6.07) is 14.6. The molecule has 28 heavy (non-hydrogen) atoms. The highest BCUT2D eigenvalue weighted by Gasteiger charge is 2.31. The number of hydrogen-bond acceptors (Lipinski definition) is 4. The number of nitrogens with one attached hydrogen (secondary N) is 1. The molecule has 1 heterocycles. The van der Waals surface area contributed by atoms with Crippen molar-refractivity contribution in [1.29, 1.82) is 0 Å². The smallest absolute Gasteiger partial charge is 0.217 e. The molecule has 1 aliphatic heterocycles.